The quantitative estimate of drug-likeness (QED) is 0.448. The van der Waals surface area contributed by atoms with Gasteiger partial charge < -0.3 is 4.90 Å². The van der Waals surface area contributed by atoms with Crippen molar-refractivity contribution in [1.29, 1.82) is 0 Å². The van der Waals surface area contributed by atoms with E-state index in [0.29, 0.717) is 42.4 Å². The van der Waals surface area contributed by atoms with Gasteiger partial charge in [-0.05, 0) is 59.9 Å². The molecule has 3 aromatic rings. The van der Waals surface area contributed by atoms with Crippen molar-refractivity contribution in [2.75, 3.05) is 11.4 Å². The van der Waals surface area contributed by atoms with Crippen LogP contribution in [0.25, 0.3) is 11.4 Å². The third-order valence-electron chi connectivity index (χ3n) is 6.94. The van der Waals surface area contributed by atoms with Gasteiger partial charge in [0.15, 0.2) is 0 Å². The number of tetrazole rings is 1. The Kier molecular flexibility index (Phi) is 5.33. The molecule has 2 atom stereocenters. The summed E-state index contributed by atoms with van der Waals surface area (Å²) in [6, 6.07) is 10.3. The zero-order valence-electron chi connectivity index (χ0n) is 18.4. The van der Waals surface area contributed by atoms with Crippen LogP contribution in [0.2, 0.25) is 0 Å². The summed E-state index contributed by atoms with van der Waals surface area (Å²) in [4.78, 5) is 3.55. The smallest absolute Gasteiger partial charge is 0.368 e. The first kappa shape index (κ1) is 23.6. The molecule has 2 unspecified atom stereocenters. The molecule has 12 heteroatoms. The summed E-state index contributed by atoms with van der Waals surface area (Å²) in [5.74, 6) is 0.419. The van der Waals surface area contributed by atoms with Gasteiger partial charge in [-0.25, -0.2) is 4.39 Å². The third kappa shape index (κ3) is 3.73. The summed E-state index contributed by atoms with van der Waals surface area (Å²) in [5.41, 5.74) is -4.07. The number of fused-ring (bicyclic) bond motifs is 3. The van der Waals surface area contributed by atoms with E-state index in [2.05, 4.69) is 20.3 Å². The summed E-state index contributed by atoms with van der Waals surface area (Å²) < 4.78 is 93.7. The van der Waals surface area contributed by atoms with E-state index < -0.39 is 23.6 Å². The zero-order valence-corrected chi connectivity index (χ0v) is 18.4. The second-order valence-electron chi connectivity index (χ2n) is 8.91. The lowest BCUT2D eigenvalue weighted by molar-refractivity contribution is -0.348. The average Bonchev–Trinajstić information content (AvgIpc) is 3.43. The Morgan fingerprint density at radius 3 is 2.17 bits per heavy atom. The van der Waals surface area contributed by atoms with E-state index in [4.69, 9.17) is 0 Å². The minimum Gasteiger partial charge on any atom is -0.368 e. The van der Waals surface area contributed by atoms with Gasteiger partial charge in [-0.1, -0.05) is 18.2 Å². The summed E-state index contributed by atoms with van der Waals surface area (Å²) in [5, 5.41) is 12.0. The van der Waals surface area contributed by atoms with Crippen LogP contribution in [0.15, 0.2) is 42.5 Å². The molecule has 0 bridgehead atoms. The monoisotopic (exact) mass is 499 g/mol. The molecule has 35 heavy (non-hydrogen) atoms. The maximum Gasteiger partial charge on any atom is 0.435 e. The van der Waals surface area contributed by atoms with Crippen LogP contribution in [0.3, 0.4) is 0 Å². The van der Waals surface area contributed by atoms with Crippen LogP contribution in [-0.4, -0.2) is 45.1 Å². The lowest BCUT2D eigenvalue weighted by Crippen LogP contribution is -2.50. The van der Waals surface area contributed by atoms with Gasteiger partial charge in [0.25, 0.3) is 0 Å². The molecule has 1 aliphatic heterocycles. The van der Waals surface area contributed by atoms with Gasteiger partial charge in [-0.15, -0.1) is 10.2 Å². The molecule has 2 aliphatic rings. The minimum atomic E-state index is -6.12. The van der Waals surface area contributed by atoms with E-state index in [1.54, 1.807) is 7.05 Å². The molecular formula is C23H20F7N5. The molecule has 0 saturated carbocycles. The molecule has 5 rings (SSSR count). The Morgan fingerprint density at radius 1 is 0.886 bits per heavy atom. The summed E-state index contributed by atoms with van der Waals surface area (Å²) >= 11 is 0. The minimum absolute atomic E-state index is 0.0363. The van der Waals surface area contributed by atoms with Crippen molar-refractivity contribution < 1.29 is 30.7 Å². The first-order valence-electron chi connectivity index (χ1n) is 11.0. The highest BCUT2D eigenvalue weighted by Crippen LogP contribution is 2.54. The Hall–Kier alpha value is -3.18. The van der Waals surface area contributed by atoms with E-state index in [-0.39, 0.29) is 18.4 Å². The largest absolute Gasteiger partial charge is 0.435 e. The Labute approximate surface area is 195 Å². The molecule has 0 amide bonds. The number of hydrogen-bond donors (Lipinski definition) is 0. The van der Waals surface area contributed by atoms with Crippen LogP contribution in [0.1, 0.15) is 35.4 Å². The average molecular weight is 499 g/mol. The first-order valence-corrected chi connectivity index (χ1v) is 11.0. The number of alkyl halides is 7. The van der Waals surface area contributed by atoms with Crippen molar-refractivity contribution in [3.05, 3.63) is 59.2 Å². The van der Waals surface area contributed by atoms with Crippen molar-refractivity contribution in [2.45, 2.75) is 49.2 Å². The van der Waals surface area contributed by atoms with Crippen LogP contribution in [0.5, 0.6) is 0 Å². The van der Waals surface area contributed by atoms with E-state index in [0.717, 1.165) is 17.3 Å². The second kappa shape index (κ2) is 7.92. The summed E-state index contributed by atoms with van der Waals surface area (Å²) in [7, 11) is 1.67. The van der Waals surface area contributed by atoms with E-state index >= 15 is 0 Å². The molecule has 0 spiro atoms. The summed E-state index contributed by atoms with van der Waals surface area (Å²) in [6.45, 7) is 0.678. The molecular weight excluding hydrogens is 479 g/mol. The molecule has 0 radical (unpaired) electrons. The molecule has 0 N–H and O–H groups in total. The normalized spacial score (nSPS) is 20.6. The topological polar surface area (TPSA) is 46.8 Å². The number of aryl methyl sites for hydroxylation is 2. The number of halogens is 7. The van der Waals surface area contributed by atoms with Gasteiger partial charge in [0.2, 0.25) is 5.82 Å². The zero-order chi connectivity index (χ0) is 25.2. The highest BCUT2D eigenvalue weighted by atomic mass is 19.4. The number of nitrogens with zero attached hydrogens (tertiary/aromatic N) is 5. The lowest BCUT2D eigenvalue weighted by Gasteiger charge is -2.36. The Morgan fingerprint density at radius 2 is 1.57 bits per heavy atom. The predicted octanol–water partition coefficient (Wildman–Crippen LogP) is 5.48. The van der Waals surface area contributed by atoms with Gasteiger partial charge in [-0.2, -0.15) is 31.1 Å². The number of rotatable bonds is 3. The Balaban J connectivity index is 1.41. The fraction of sp³-hybridized carbons (Fsp3) is 0.435. The van der Waals surface area contributed by atoms with Crippen molar-refractivity contribution in [2.24, 2.45) is 7.05 Å². The first-order chi connectivity index (χ1) is 16.4. The molecule has 5 nitrogen and oxygen atoms in total. The number of hydrogen-bond acceptors (Lipinski definition) is 4. The fourth-order valence-corrected chi connectivity index (χ4v) is 5.29. The van der Waals surface area contributed by atoms with Gasteiger partial charge in [-0.3, -0.25) is 0 Å². The highest BCUT2D eigenvalue weighted by molar-refractivity contribution is 5.61. The van der Waals surface area contributed by atoms with Crippen molar-refractivity contribution in [1.82, 2.24) is 20.2 Å². The maximum absolute atomic E-state index is 14.5. The van der Waals surface area contributed by atoms with Crippen LogP contribution in [-0.2, 0) is 19.1 Å². The molecule has 1 aliphatic carbocycles. The van der Waals surface area contributed by atoms with E-state index in [1.165, 1.54) is 10.9 Å². The highest BCUT2D eigenvalue weighted by Gasteiger charge is 2.73. The van der Waals surface area contributed by atoms with Gasteiger partial charge >= 0.3 is 18.0 Å². The van der Waals surface area contributed by atoms with E-state index in [9.17, 15) is 30.7 Å². The third-order valence-corrected chi connectivity index (χ3v) is 6.94. The van der Waals surface area contributed by atoms with Crippen LogP contribution >= 0.6 is 0 Å². The lowest BCUT2D eigenvalue weighted by atomic mass is 9.77. The van der Waals surface area contributed by atoms with Crippen LogP contribution in [0, 0.1) is 0 Å². The second-order valence-corrected chi connectivity index (χ2v) is 8.91. The van der Waals surface area contributed by atoms with Gasteiger partial charge in [0.05, 0.1) is 7.05 Å². The molecule has 1 aromatic heterocycles. The van der Waals surface area contributed by atoms with Crippen molar-refractivity contribution in [3.8, 4) is 11.4 Å². The standard InChI is InChI=1S/C23H20F7N5/c1-34-32-20(31-33-34)13-2-6-16(7-3-13)35-11-10-18-17-8-5-15(12-14(17)4-9-19(18)35)21(24,22(25,26)27)23(28,29)30/h2-3,5-8,12,18-19H,4,9-11H2,1H3. The van der Waals surface area contributed by atoms with Crippen molar-refractivity contribution >= 4 is 5.69 Å². The summed E-state index contributed by atoms with van der Waals surface area (Å²) in [6.07, 6.45) is -10.8. The molecule has 2 aromatic carbocycles. The molecule has 1 saturated heterocycles. The van der Waals surface area contributed by atoms with Crippen molar-refractivity contribution in [3.63, 3.8) is 0 Å². The molecule has 186 valence electrons. The van der Waals surface area contributed by atoms with Crippen LogP contribution < -0.4 is 4.90 Å². The van der Waals surface area contributed by atoms with E-state index in [1.807, 2.05) is 24.3 Å². The van der Waals surface area contributed by atoms with Crippen LogP contribution in [0.4, 0.5) is 36.4 Å². The number of aromatic nitrogens is 4. The molecule has 2 heterocycles. The number of anilines is 1. The fourth-order valence-electron chi connectivity index (χ4n) is 5.29. The van der Waals surface area contributed by atoms with Gasteiger partial charge in [0, 0.05) is 35.3 Å². The van der Waals surface area contributed by atoms with Gasteiger partial charge in [0.1, 0.15) is 0 Å². The maximum atomic E-state index is 14.5. The number of benzene rings is 2. The molecule has 1 fully saturated rings. The SMILES string of the molecule is Cn1nnc(-c2ccc(N3CCC4c5ccc(C(F)(C(F)(F)F)C(F)(F)F)cc5CCC43)cc2)n1. The predicted molar refractivity (Wildman–Crippen MR) is 112 cm³/mol. The Bertz CT molecular complexity index is 1220.